The molecular weight excluding hydrogens is 366 g/mol. The molecule has 0 spiro atoms. The molecule has 2 aliphatic rings. The Hall–Kier alpha value is -2.60. The number of rotatable bonds is 8. The maximum Gasteiger partial charge on any atom is 0.240 e. The lowest BCUT2D eigenvalue weighted by Crippen LogP contribution is -2.65. The van der Waals surface area contributed by atoms with Gasteiger partial charge in [-0.15, -0.1) is 0 Å². The molecule has 2 aromatic rings. The molecular formula is C23H29N3O3. The van der Waals surface area contributed by atoms with Crippen LogP contribution in [0.4, 0.5) is 0 Å². The van der Waals surface area contributed by atoms with Crippen molar-refractivity contribution >= 4 is 11.8 Å². The van der Waals surface area contributed by atoms with Crippen molar-refractivity contribution in [2.75, 3.05) is 26.2 Å². The summed E-state index contributed by atoms with van der Waals surface area (Å²) < 4.78 is 6.00. The van der Waals surface area contributed by atoms with Gasteiger partial charge in [0.25, 0.3) is 0 Å². The Morgan fingerprint density at radius 1 is 1.17 bits per heavy atom. The van der Waals surface area contributed by atoms with Crippen LogP contribution in [-0.2, 0) is 16.1 Å². The number of nitrogens with one attached hydrogen (secondary N) is 1. The summed E-state index contributed by atoms with van der Waals surface area (Å²) in [6.45, 7) is 5.69. The lowest BCUT2D eigenvalue weighted by molar-refractivity contribution is -0.142. The van der Waals surface area contributed by atoms with Crippen LogP contribution in [0.15, 0.2) is 46.9 Å². The van der Waals surface area contributed by atoms with Gasteiger partial charge in [-0.2, -0.15) is 0 Å². The molecule has 3 heterocycles. The molecule has 2 aliphatic heterocycles. The normalized spacial score (nSPS) is 22.0. The predicted octanol–water partition coefficient (Wildman–Crippen LogP) is 3.04. The van der Waals surface area contributed by atoms with Crippen LogP contribution in [0.1, 0.15) is 38.4 Å². The molecule has 1 aromatic carbocycles. The highest BCUT2D eigenvalue weighted by Crippen LogP contribution is 2.33. The van der Waals surface area contributed by atoms with Gasteiger partial charge in [-0.05, 0) is 38.3 Å². The molecule has 29 heavy (non-hydrogen) atoms. The molecule has 6 heteroatoms. The summed E-state index contributed by atoms with van der Waals surface area (Å²) in [6, 6.07) is 14.0. The first-order valence-electron chi connectivity index (χ1n) is 10.5. The summed E-state index contributed by atoms with van der Waals surface area (Å²) in [5.41, 5.74) is 0.558. The fraction of sp³-hybridized carbons (Fsp3) is 0.478. The molecule has 154 valence electrons. The van der Waals surface area contributed by atoms with Crippen molar-refractivity contribution < 1.29 is 14.0 Å². The number of carbonyl (C=O) groups excluding carboxylic acids is 2. The largest absolute Gasteiger partial charge is 0.460 e. The van der Waals surface area contributed by atoms with Gasteiger partial charge >= 0.3 is 0 Å². The van der Waals surface area contributed by atoms with E-state index in [2.05, 4.69) is 10.2 Å². The summed E-state index contributed by atoms with van der Waals surface area (Å²) in [5.74, 6) is 2.02. The average Bonchev–Trinajstić information content (AvgIpc) is 3.37. The number of carbonyl (C=O) groups is 2. The topological polar surface area (TPSA) is 65.8 Å². The van der Waals surface area contributed by atoms with E-state index in [0.29, 0.717) is 19.5 Å². The van der Waals surface area contributed by atoms with Crippen molar-refractivity contribution in [3.63, 3.8) is 0 Å². The van der Waals surface area contributed by atoms with E-state index in [4.69, 9.17) is 4.42 Å². The summed E-state index contributed by atoms with van der Waals surface area (Å²) in [6.07, 6.45) is 3.26. The van der Waals surface area contributed by atoms with Crippen LogP contribution >= 0.6 is 0 Å². The molecule has 0 saturated carbocycles. The minimum atomic E-state index is -0.497. The van der Waals surface area contributed by atoms with E-state index in [9.17, 15) is 9.59 Å². The van der Waals surface area contributed by atoms with Crippen LogP contribution in [0.3, 0.4) is 0 Å². The van der Waals surface area contributed by atoms with E-state index in [0.717, 1.165) is 56.0 Å². The van der Waals surface area contributed by atoms with Crippen LogP contribution in [-0.4, -0.2) is 53.3 Å². The molecule has 2 amide bonds. The number of benzene rings is 1. The van der Waals surface area contributed by atoms with Crippen LogP contribution in [0.25, 0.3) is 11.3 Å². The molecule has 0 aliphatic carbocycles. The molecule has 1 atom stereocenters. The van der Waals surface area contributed by atoms with Gasteiger partial charge in [0.15, 0.2) is 0 Å². The second-order valence-electron chi connectivity index (χ2n) is 8.17. The van der Waals surface area contributed by atoms with Crippen molar-refractivity contribution in [1.29, 1.82) is 0 Å². The van der Waals surface area contributed by atoms with E-state index < -0.39 is 5.54 Å². The van der Waals surface area contributed by atoms with Crippen LogP contribution in [0, 0.1) is 0 Å². The van der Waals surface area contributed by atoms with Gasteiger partial charge in [-0.3, -0.25) is 14.5 Å². The van der Waals surface area contributed by atoms with Gasteiger partial charge in [0.05, 0.1) is 12.1 Å². The molecule has 4 rings (SSSR count). The molecule has 6 nitrogen and oxygen atoms in total. The van der Waals surface area contributed by atoms with Gasteiger partial charge in [0.1, 0.15) is 11.5 Å². The number of hydrogen-bond acceptors (Lipinski definition) is 4. The quantitative estimate of drug-likeness (QED) is 0.698. The van der Waals surface area contributed by atoms with Gasteiger partial charge in [0.2, 0.25) is 11.8 Å². The van der Waals surface area contributed by atoms with Gasteiger partial charge in [-0.25, -0.2) is 0 Å². The maximum atomic E-state index is 12.8. The smallest absolute Gasteiger partial charge is 0.240 e. The van der Waals surface area contributed by atoms with E-state index in [1.54, 1.807) is 0 Å². The second kappa shape index (κ2) is 8.41. The van der Waals surface area contributed by atoms with E-state index >= 15 is 0 Å². The Bertz CT molecular complexity index is 863. The second-order valence-corrected chi connectivity index (χ2v) is 8.17. The third kappa shape index (κ3) is 4.22. The number of nitrogens with zero attached hydrogens (tertiary/aromatic N) is 2. The lowest BCUT2D eigenvalue weighted by atomic mass is 9.85. The first-order valence-corrected chi connectivity index (χ1v) is 10.5. The monoisotopic (exact) mass is 395 g/mol. The molecule has 2 fully saturated rings. The van der Waals surface area contributed by atoms with E-state index in [1.165, 1.54) is 0 Å². The molecule has 2 saturated heterocycles. The number of furan rings is 1. The van der Waals surface area contributed by atoms with E-state index in [-0.39, 0.29) is 11.8 Å². The zero-order valence-corrected chi connectivity index (χ0v) is 17.0. The fourth-order valence-electron chi connectivity index (χ4n) is 4.13. The molecule has 1 aromatic heterocycles. The van der Waals surface area contributed by atoms with Crippen LogP contribution in [0.5, 0.6) is 0 Å². The molecule has 1 unspecified atom stereocenters. The van der Waals surface area contributed by atoms with Gasteiger partial charge in [0, 0.05) is 38.2 Å². The zero-order chi connectivity index (χ0) is 20.3. The van der Waals surface area contributed by atoms with E-state index in [1.807, 2.05) is 54.3 Å². The molecule has 1 N–H and O–H groups in total. The zero-order valence-electron chi connectivity index (χ0n) is 17.0. The maximum absolute atomic E-state index is 12.8. The lowest BCUT2D eigenvalue weighted by Gasteiger charge is -2.48. The number of likely N-dealkylation sites (tertiary alicyclic amines) is 2. The number of amides is 2. The Balaban J connectivity index is 1.27. The van der Waals surface area contributed by atoms with Crippen molar-refractivity contribution in [1.82, 2.24) is 15.1 Å². The Kier molecular flexibility index (Phi) is 5.72. The predicted molar refractivity (Wildman–Crippen MR) is 111 cm³/mol. The van der Waals surface area contributed by atoms with Crippen LogP contribution in [0.2, 0.25) is 0 Å². The highest BCUT2D eigenvalue weighted by atomic mass is 16.3. The van der Waals surface area contributed by atoms with Crippen molar-refractivity contribution in [3.05, 3.63) is 48.2 Å². The van der Waals surface area contributed by atoms with Gasteiger partial charge in [-0.1, -0.05) is 30.3 Å². The van der Waals surface area contributed by atoms with Crippen molar-refractivity contribution in [2.24, 2.45) is 0 Å². The SMILES string of the molecule is CC1(C(=O)NCCCN2CCCC2=O)CCN1Cc1ccc(-c2ccccc2)o1. The summed E-state index contributed by atoms with van der Waals surface area (Å²) in [5, 5.41) is 3.06. The third-order valence-electron chi connectivity index (χ3n) is 6.18. The molecule has 0 bridgehead atoms. The standard InChI is InChI=1S/C23H29N3O3/c1-23(22(28)24-13-6-15-25-14-5-9-21(25)27)12-16-26(23)17-19-10-11-20(29-19)18-7-3-2-4-8-18/h2-4,7-8,10-11H,5-6,9,12-17H2,1H3,(H,24,28). The average molecular weight is 396 g/mol. The highest BCUT2D eigenvalue weighted by molar-refractivity contribution is 5.86. The molecule has 0 radical (unpaired) electrons. The fourth-order valence-corrected chi connectivity index (χ4v) is 4.13. The van der Waals surface area contributed by atoms with Crippen LogP contribution < -0.4 is 5.32 Å². The summed E-state index contributed by atoms with van der Waals surface area (Å²) >= 11 is 0. The minimum Gasteiger partial charge on any atom is -0.460 e. The van der Waals surface area contributed by atoms with Crippen molar-refractivity contribution in [3.8, 4) is 11.3 Å². The number of hydrogen-bond donors (Lipinski definition) is 1. The third-order valence-corrected chi connectivity index (χ3v) is 6.18. The first kappa shape index (κ1) is 19.7. The summed E-state index contributed by atoms with van der Waals surface area (Å²) in [4.78, 5) is 28.5. The van der Waals surface area contributed by atoms with Gasteiger partial charge < -0.3 is 14.6 Å². The first-order chi connectivity index (χ1) is 14.1. The Labute approximate surface area is 171 Å². The minimum absolute atomic E-state index is 0.0614. The van der Waals surface area contributed by atoms with Crippen molar-refractivity contribution in [2.45, 2.75) is 44.7 Å². The Morgan fingerprint density at radius 2 is 2.00 bits per heavy atom. The summed E-state index contributed by atoms with van der Waals surface area (Å²) in [7, 11) is 0. The Morgan fingerprint density at radius 3 is 2.69 bits per heavy atom. The highest BCUT2D eigenvalue weighted by Gasteiger charge is 2.46.